The standard InChI is InChI=1S/C28H48N2O21/c1-7(35)29-13-17(39)15(37)9(3-31)46-26(13)49-22-11(5-33)48-28(20(42)19(22)41)51-24-21(43)25(44)45-12(6-34)23(24)50-27-14(30-8(2)36)18(40)16(38)10(4-32)47-27/h9-28,31-34,37-44H,3-6H2,1-2H3,(H,29,35)(H,30,36)/t9-,10-,11-,12-,13-,14-,15-,16-,17-,18-,19-,20+,21+,22-,23-,24-,25?,26+,27+,28-/m1/s1. The van der Waals surface area contributed by atoms with Crippen LogP contribution in [0, 0.1) is 0 Å². The van der Waals surface area contributed by atoms with E-state index in [0.29, 0.717) is 0 Å². The third kappa shape index (κ3) is 9.11. The Balaban J connectivity index is 1.58. The summed E-state index contributed by atoms with van der Waals surface area (Å²) in [6.07, 6.45) is -31.7. The summed E-state index contributed by atoms with van der Waals surface area (Å²) in [5, 5.41) is 130. The monoisotopic (exact) mass is 748 g/mol. The van der Waals surface area contributed by atoms with E-state index in [1.165, 1.54) is 0 Å². The Morgan fingerprint density at radius 1 is 0.471 bits per heavy atom. The molecule has 4 aliphatic heterocycles. The van der Waals surface area contributed by atoms with Gasteiger partial charge in [0, 0.05) is 13.8 Å². The molecule has 0 aromatic rings. The SMILES string of the molecule is CC(=O)N[C@H]1[C@H](O[C@H]2[C@H](O)[C@H](O)[C@@H](O[C@H]3[C@H](O[C@@H]4O[C@H](CO)[C@@H](O)[C@H](O)[C@H]4NC(C)=O)[C@@H](CO)OC(O)[C@H]3O)O[C@@H]2CO)O[C@H](CO)[C@@H](O)[C@@H]1O. The van der Waals surface area contributed by atoms with Crippen molar-refractivity contribution in [2.45, 2.75) is 137 Å². The Morgan fingerprint density at radius 3 is 1.29 bits per heavy atom. The first-order valence-corrected chi connectivity index (χ1v) is 16.1. The summed E-state index contributed by atoms with van der Waals surface area (Å²) in [6, 6.07) is -2.98. The maximum atomic E-state index is 11.9. The van der Waals surface area contributed by atoms with Crippen LogP contribution in [0.3, 0.4) is 0 Å². The van der Waals surface area contributed by atoms with Gasteiger partial charge in [-0.1, -0.05) is 0 Å². The van der Waals surface area contributed by atoms with Gasteiger partial charge in [-0.15, -0.1) is 0 Å². The van der Waals surface area contributed by atoms with Gasteiger partial charge in [0.25, 0.3) is 0 Å². The Bertz CT molecular complexity index is 1140. The molecule has 0 bridgehead atoms. The first-order chi connectivity index (χ1) is 24.1. The van der Waals surface area contributed by atoms with Crippen molar-refractivity contribution in [2.24, 2.45) is 0 Å². The van der Waals surface area contributed by atoms with E-state index in [9.17, 15) is 70.9 Å². The minimum Gasteiger partial charge on any atom is -0.394 e. The average molecular weight is 749 g/mol. The molecule has 4 saturated heterocycles. The number of carbonyl (C=O) groups excluding carboxylic acids is 2. The zero-order valence-electron chi connectivity index (χ0n) is 27.4. The lowest BCUT2D eigenvalue weighted by Crippen LogP contribution is -2.69. The van der Waals surface area contributed by atoms with Crippen LogP contribution in [-0.4, -0.2) is 222 Å². The normalized spacial score (nSPS) is 47.8. The molecule has 4 aliphatic rings. The van der Waals surface area contributed by atoms with Gasteiger partial charge in [0.15, 0.2) is 25.2 Å². The van der Waals surface area contributed by atoms with E-state index in [0.717, 1.165) is 13.8 Å². The van der Waals surface area contributed by atoms with E-state index in [-0.39, 0.29) is 0 Å². The Kier molecular flexibility index (Phi) is 14.8. The van der Waals surface area contributed by atoms with Crippen LogP contribution >= 0.6 is 0 Å². The molecule has 23 nitrogen and oxygen atoms in total. The Morgan fingerprint density at radius 2 is 0.863 bits per heavy atom. The van der Waals surface area contributed by atoms with E-state index in [1.807, 2.05) is 0 Å². The third-order valence-electron chi connectivity index (χ3n) is 9.01. The van der Waals surface area contributed by atoms with Crippen LogP contribution in [0.25, 0.3) is 0 Å². The summed E-state index contributed by atoms with van der Waals surface area (Å²) in [7, 11) is 0. The molecule has 296 valence electrons. The predicted molar refractivity (Wildman–Crippen MR) is 157 cm³/mol. The quantitative estimate of drug-likeness (QED) is 0.0881. The number of nitrogens with one attached hydrogen (secondary N) is 2. The minimum atomic E-state index is -2.10. The van der Waals surface area contributed by atoms with E-state index in [1.54, 1.807) is 0 Å². The predicted octanol–water partition coefficient (Wildman–Crippen LogP) is -9.46. The molecule has 51 heavy (non-hydrogen) atoms. The zero-order valence-corrected chi connectivity index (χ0v) is 27.4. The van der Waals surface area contributed by atoms with Gasteiger partial charge >= 0.3 is 0 Å². The molecule has 14 N–H and O–H groups in total. The second kappa shape index (κ2) is 18.0. The lowest BCUT2D eigenvalue weighted by atomic mass is 9.94. The van der Waals surface area contributed by atoms with Crippen molar-refractivity contribution >= 4 is 11.8 Å². The molecule has 20 atom stereocenters. The largest absolute Gasteiger partial charge is 0.394 e. The third-order valence-corrected chi connectivity index (χ3v) is 9.01. The summed E-state index contributed by atoms with van der Waals surface area (Å²) < 4.78 is 39.4. The van der Waals surface area contributed by atoms with Crippen LogP contribution in [-0.2, 0) is 42.7 Å². The molecule has 23 heteroatoms. The van der Waals surface area contributed by atoms with E-state index in [2.05, 4.69) is 10.6 Å². The van der Waals surface area contributed by atoms with Crippen molar-refractivity contribution < 1.29 is 104 Å². The van der Waals surface area contributed by atoms with Crippen LogP contribution in [0.15, 0.2) is 0 Å². The van der Waals surface area contributed by atoms with Crippen LogP contribution < -0.4 is 10.6 Å². The number of rotatable bonds is 12. The summed E-state index contributed by atoms with van der Waals surface area (Å²) in [4.78, 5) is 23.7. The molecule has 4 rings (SSSR count). The van der Waals surface area contributed by atoms with Crippen molar-refractivity contribution in [1.82, 2.24) is 10.6 Å². The highest BCUT2D eigenvalue weighted by atomic mass is 16.8. The van der Waals surface area contributed by atoms with Crippen molar-refractivity contribution in [1.29, 1.82) is 0 Å². The molecule has 4 heterocycles. The molecule has 0 radical (unpaired) electrons. The van der Waals surface area contributed by atoms with Crippen molar-refractivity contribution in [3.8, 4) is 0 Å². The molecule has 0 spiro atoms. The lowest BCUT2D eigenvalue weighted by Gasteiger charge is -2.50. The number of ether oxygens (including phenoxy) is 7. The van der Waals surface area contributed by atoms with Crippen LogP contribution in [0.1, 0.15) is 13.8 Å². The van der Waals surface area contributed by atoms with Gasteiger partial charge in [0.1, 0.15) is 97.5 Å². The molecule has 0 aromatic heterocycles. The van der Waals surface area contributed by atoms with Crippen LogP contribution in [0.4, 0.5) is 0 Å². The Labute approximate surface area is 289 Å². The number of hydrogen-bond donors (Lipinski definition) is 14. The van der Waals surface area contributed by atoms with Crippen molar-refractivity contribution in [3.63, 3.8) is 0 Å². The second-order valence-corrected chi connectivity index (χ2v) is 12.6. The molecule has 0 aliphatic carbocycles. The minimum absolute atomic E-state index is 0.687. The second-order valence-electron chi connectivity index (χ2n) is 12.6. The molecule has 0 saturated carbocycles. The number of amides is 2. The van der Waals surface area contributed by atoms with E-state index >= 15 is 0 Å². The van der Waals surface area contributed by atoms with Gasteiger partial charge in [0.05, 0.1) is 26.4 Å². The molecule has 1 unspecified atom stereocenters. The van der Waals surface area contributed by atoms with Gasteiger partial charge in [-0.3, -0.25) is 9.59 Å². The first kappa shape index (κ1) is 41.9. The van der Waals surface area contributed by atoms with E-state index in [4.69, 9.17) is 33.2 Å². The lowest BCUT2D eigenvalue weighted by molar-refractivity contribution is -0.386. The van der Waals surface area contributed by atoms with Gasteiger partial charge in [0.2, 0.25) is 11.8 Å². The van der Waals surface area contributed by atoms with E-state index < -0.39 is 161 Å². The molecule has 4 fully saturated rings. The van der Waals surface area contributed by atoms with Gasteiger partial charge < -0.3 is 105 Å². The fourth-order valence-corrected chi connectivity index (χ4v) is 6.35. The highest BCUT2D eigenvalue weighted by Gasteiger charge is 2.56. The number of aliphatic hydroxyl groups is 12. The smallest absolute Gasteiger partial charge is 0.217 e. The maximum Gasteiger partial charge on any atom is 0.217 e. The molecule has 0 aromatic carbocycles. The van der Waals surface area contributed by atoms with Crippen molar-refractivity contribution in [2.75, 3.05) is 26.4 Å². The molecular formula is C28H48N2O21. The average Bonchev–Trinajstić information content (AvgIpc) is 3.09. The highest BCUT2D eigenvalue weighted by molar-refractivity contribution is 5.73. The van der Waals surface area contributed by atoms with Crippen LogP contribution in [0.2, 0.25) is 0 Å². The number of carbonyl (C=O) groups is 2. The summed E-state index contributed by atoms with van der Waals surface area (Å²) in [5.41, 5.74) is 0. The van der Waals surface area contributed by atoms with Crippen LogP contribution in [0.5, 0.6) is 0 Å². The molecule has 2 amide bonds. The highest BCUT2D eigenvalue weighted by Crippen LogP contribution is 2.34. The zero-order chi connectivity index (χ0) is 37.9. The summed E-state index contributed by atoms with van der Waals surface area (Å²) >= 11 is 0. The fraction of sp³-hybridized carbons (Fsp3) is 0.929. The number of hydrogen-bond acceptors (Lipinski definition) is 21. The molecular weight excluding hydrogens is 700 g/mol. The van der Waals surface area contributed by atoms with Gasteiger partial charge in [-0.05, 0) is 0 Å². The fourth-order valence-electron chi connectivity index (χ4n) is 6.35. The van der Waals surface area contributed by atoms with Crippen molar-refractivity contribution in [3.05, 3.63) is 0 Å². The Hall–Kier alpha value is -1.82. The maximum absolute atomic E-state index is 11.9. The summed E-state index contributed by atoms with van der Waals surface area (Å²) in [5.74, 6) is -1.39. The number of aliphatic hydroxyl groups excluding tert-OH is 12. The van der Waals surface area contributed by atoms with Gasteiger partial charge in [-0.25, -0.2) is 0 Å². The first-order valence-electron chi connectivity index (χ1n) is 16.1. The summed E-state index contributed by atoms with van der Waals surface area (Å²) in [6.45, 7) is -1.29. The topological polar surface area (TPSA) is 366 Å². The van der Waals surface area contributed by atoms with Gasteiger partial charge in [-0.2, -0.15) is 0 Å².